The minimum absolute atomic E-state index is 0.000469. The number of likely N-dealkylation sites (tertiary alicyclic amines) is 1. The maximum absolute atomic E-state index is 12.1. The van der Waals surface area contributed by atoms with Gasteiger partial charge in [0.25, 0.3) is 0 Å². The SMILES string of the molecule is CCCCNC(=O)C(C)N1CCCCC1CNC. The summed E-state index contributed by atoms with van der Waals surface area (Å²) in [4.78, 5) is 14.5. The second-order valence-electron chi connectivity index (χ2n) is 5.27. The molecular formula is C14H29N3O. The van der Waals surface area contributed by atoms with E-state index in [1.165, 1.54) is 19.3 Å². The van der Waals surface area contributed by atoms with Crippen molar-refractivity contribution in [2.75, 3.05) is 26.7 Å². The van der Waals surface area contributed by atoms with Crippen molar-refractivity contribution in [3.8, 4) is 0 Å². The van der Waals surface area contributed by atoms with Crippen LogP contribution in [0.1, 0.15) is 46.0 Å². The van der Waals surface area contributed by atoms with Crippen LogP contribution in [0.25, 0.3) is 0 Å². The summed E-state index contributed by atoms with van der Waals surface area (Å²) in [6, 6.07) is 0.510. The number of hydrogen-bond acceptors (Lipinski definition) is 3. The fraction of sp³-hybridized carbons (Fsp3) is 0.929. The molecule has 1 aliphatic rings. The highest BCUT2D eigenvalue weighted by molar-refractivity contribution is 5.81. The Labute approximate surface area is 111 Å². The minimum atomic E-state index is 0.000469. The maximum atomic E-state index is 12.1. The lowest BCUT2D eigenvalue weighted by atomic mass is 9.99. The smallest absolute Gasteiger partial charge is 0.237 e. The molecule has 18 heavy (non-hydrogen) atoms. The highest BCUT2D eigenvalue weighted by atomic mass is 16.2. The number of nitrogens with one attached hydrogen (secondary N) is 2. The molecule has 1 rings (SSSR count). The van der Waals surface area contributed by atoms with E-state index in [9.17, 15) is 4.79 Å². The normalized spacial score (nSPS) is 22.7. The molecular weight excluding hydrogens is 226 g/mol. The van der Waals surface area contributed by atoms with Crippen molar-refractivity contribution < 1.29 is 4.79 Å². The number of nitrogens with zero attached hydrogens (tertiary/aromatic N) is 1. The lowest BCUT2D eigenvalue weighted by Crippen LogP contribution is -2.54. The number of carbonyl (C=O) groups excluding carboxylic acids is 1. The molecule has 0 saturated carbocycles. The molecule has 1 amide bonds. The Kier molecular flexibility index (Phi) is 7.28. The maximum Gasteiger partial charge on any atom is 0.237 e. The third-order valence-electron chi connectivity index (χ3n) is 3.82. The van der Waals surface area contributed by atoms with Gasteiger partial charge in [0, 0.05) is 19.1 Å². The summed E-state index contributed by atoms with van der Waals surface area (Å²) in [6.45, 7) is 7.02. The summed E-state index contributed by atoms with van der Waals surface area (Å²) in [7, 11) is 1.98. The molecule has 4 heteroatoms. The van der Waals surface area contributed by atoms with Crippen LogP contribution in [-0.4, -0.2) is 49.6 Å². The topological polar surface area (TPSA) is 44.4 Å². The number of hydrogen-bond donors (Lipinski definition) is 2. The Hall–Kier alpha value is -0.610. The fourth-order valence-corrected chi connectivity index (χ4v) is 2.67. The quantitative estimate of drug-likeness (QED) is 0.675. The number of piperidine rings is 1. The summed E-state index contributed by atoms with van der Waals surface area (Å²) in [5.41, 5.74) is 0. The van der Waals surface area contributed by atoms with E-state index in [4.69, 9.17) is 0 Å². The molecule has 1 aliphatic heterocycles. The average molecular weight is 255 g/mol. The van der Waals surface area contributed by atoms with E-state index >= 15 is 0 Å². The number of rotatable bonds is 7. The van der Waals surface area contributed by atoms with Gasteiger partial charge in [-0.3, -0.25) is 9.69 Å². The Morgan fingerprint density at radius 3 is 2.89 bits per heavy atom. The second kappa shape index (κ2) is 8.48. The largest absolute Gasteiger partial charge is 0.355 e. The molecule has 0 bridgehead atoms. The predicted octanol–water partition coefficient (Wildman–Crippen LogP) is 1.37. The molecule has 0 radical (unpaired) electrons. The van der Waals surface area contributed by atoms with Crippen molar-refractivity contribution in [3.05, 3.63) is 0 Å². The molecule has 4 nitrogen and oxygen atoms in total. The van der Waals surface area contributed by atoms with Gasteiger partial charge in [0.1, 0.15) is 0 Å². The van der Waals surface area contributed by atoms with Gasteiger partial charge in [-0.05, 0) is 39.8 Å². The van der Waals surface area contributed by atoms with Crippen LogP contribution in [0, 0.1) is 0 Å². The van der Waals surface area contributed by atoms with Gasteiger partial charge in [-0.15, -0.1) is 0 Å². The van der Waals surface area contributed by atoms with Crippen molar-refractivity contribution in [1.29, 1.82) is 0 Å². The molecule has 2 unspecified atom stereocenters. The molecule has 0 aromatic rings. The Bertz CT molecular complexity index is 243. The van der Waals surface area contributed by atoms with Crippen LogP contribution < -0.4 is 10.6 Å². The van der Waals surface area contributed by atoms with Gasteiger partial charge in [-0.1, -0.05) is 19.8 Å². The standard InChI is InChI=1S/C14H29N3O/c1-4-5-9-16-14(18)12(2)17-10-7-6-8-13(17)11-15-3/h12-13,15H,4-11H2,1-3H3,(H,16,18). The van der Waals surface area contributed by atoms with Gasteiger partial charge in [0.05, 0.1) is 6.04 Å². The first-order chi connectivity index (χ1) is 8.70. The Morgan fingerprint density at radius 1 is 1.44 bits per heavy atom. The first-order valence-electron chi connectivity index (χ1n) is 7.38. The van der Waals surface area contributed by atoms with Crippen LogP contribution in [-0.2, 0) is 4.79 Å². The van der Waals surface area contributed by atoms with E-state index in [2.05, 4.69) is 22.5 Å². The molecule has 0 aromatic carbocycles. The molecule has 106 valence electrons. The van der Waals surface area contributed by atoms with Gasteiger partial charge in [-0.2, -0.15) is 0 Å². The molecule has 0 spiro atoms. The van der Waals surface area contributed by atoms with Crippen molar-refractivity contribution in [1.82, 2.24) is 15.5 Å². The molecule has 0 aromatic heterocycles. The van der Waals surface area contributed by atoms with Gasteiger partial charge in [-0.25, -0.2) is 0 Å². The van der Waals surface area contributed by atoms with Crippen molar-refractivity contribution >= 4 is 5.91 Å². The zero-order chi connectivity index (χ0) is 13.4. The molecule has 1 heterocycles. The van der Waals surface area contributed by atoms with Crippen molar-refractivity contribution in [2.45, 2.75) is 58.0 Å². The van der Waals surface area contributed by atoms with E-state index in [1.54, 1.807) is 0 Å². The van der Waals surface area contributed by atoms with Gasteiger partial charge in [0.15, 0.2) is 0 Å². The monoisotopic (exact) mass is 255 g/mol. The van der Waals surface area contributed by atoms with E-state index < -0.39 is 0 Å². The van der Waals surface area contributed by atoms with Gasteiger partial charge < -0.3 is 10.6 Å². The highest BCUT2D eigenvalue weighted by Crippen LogP contribution is 2.19. The average Bonchev–Trinajstić information content (AvgIpc) is 2.39. The summed E-state index contributed by atoms with van der Waals surface area (Å²) < 4.78 is 0. The molecule has 2 N–H and O–H groups in total. The van der Waals surface area contributed by atoms with Crippen LogP contribution >= 0.6 is 0 Å². The zero-order valence-corrected chi connectivity index (χ0v) is 12.2. The summed E-state index contributed by atoms with van der Waals surface area (Å²) >= 11 is 0. The van der Waals surface area contributed by atoms with Gasteiger partial charge >= 0.3 is 0 Å². The molecule has 0 aliphatic carbocycles. The number of unbranched alkanes of at least 4 members (excludes halogenated alkanes) is 1. The number of likely N-dealkylation sites (N-methyl/N-ethyl adjacent to an activating group) is 1. The predicted molar refractivity (Wildman–Crippen MR) is 75.7 cm³/mol. The van der Waals surface area contributed by atoms with Gasteiger partial charge in [0.2, 0.25) is 5.91 Å². The summed E-state index contributed by atoms with van der Waals surface area (Å²) in [5.74, 6) is 0.187. The summed E-state index contributed by atoms with van der Waals surface area (Å²) in [5, 5.41) is 6.28. The third-order valence-corrected chi connectivity index (χ3v) is 3.82. The molecule has 1 saturated heterocycles. The second-order valence-corrected chi connectivity index (χ2v) is 5.27. The van der Waals surface area contributed by atoms with Crippen LogP contribution in [0.3, 0.4) is 0 Å². The lowest BCUT2D eigenvalue weighted by molar-refractivity contribution is -0.127. The first-order valence-corrected chi connectivity index (χ1v) is 7.38. The van der Waals surface area contributed by atoms with Crippen molar-refractivity contribution in [2.24, 2.45) is 0 Å². The zero-order valence-electron chi connectivity index (χ0n) is 12.2. The Morgan fingerprint density at radius 2 is 2.22 bits per heavy atom. The fourth-order valence-electron chi connectivity index (χ4n) is 2.67. The molecule has 1 fully saturated rings. The van der Waals surface area contributed by atoms with Crippen LogP contribution in [0.15, 0.2) is 0 Å². The first kappa shape index (κ1) is 15.4. The number of amides is 1. The molecule has 2 atom stereocenters. The minimum Gasteiger partial charge on any atom is -0.355 e. The van der Waals surface area contributed by atoms with E-state index in [0.717, 1.165) is 32.5 Å². The van der Waals surface area contributed by atoms with Crippen LogP contribution in [0.5, 0.6) is 0 Å². The van der Waals surface area contributed by atoms with E-state index in [0.29, 0.717) is 6.04 Å². The highest BCUT2D eigenvalue weighted by Gasteiger charge is 2.29. The Balaban J connectivity index is 2.45. The van der Waals surface area contributed by atoms with E-state index in [-0.39, 0.29) is 11.9 Å². The van der Waals surface area contributed by atoms with Crippen LogP contribution in [0.4, 0.5) is 0 Å². The summed E-state index contributed by atoms with van der Waals surface area (Å²) in [6.07, 6.45) is 5.90. The lowest BCUT2D eigenvalue weighted by Gasteiger charge is -2.39. The third kappa shape index (κ3) is 4.58. The van der Waals surface area contributed by atoms with E-state index in [1.807, 2.05) is 14.0 Å². The number of carbonyl (C=O) groups is 1. The van der Waals surface area contributed by atoms with Crippen LogP contribution in [0.2, 0.25) is 0 Å². The van der Waals surface area contributed by atoms with Crippen molar-refractivity contribution in [3.63, 3.8) is 0 Å².